The molecule has 0 radical (unpaired) electrons. The Morgan fingerprint density at radius 2 is 2.07 bits per heavy atom. The first kappa shape index (κ1) is 11.0. The van der Waals surface area contributed by atoms with E-state index in [9.17, 15) is 9.59 Å². The summed E-state index contributed by atoms with van der Waals surface area (Å²) in [6.07, 6.45) is 1.77. The third-order valence-electron chi connectivity index (χ3n) is 1.66. The van der Waals surface area contributed by atoms with Gasteiger partial charge in [-0.3, -0.25) is 4.79 Å². The number of anilines is 1. The first-order valence-corrected chi connectivity index (χ1v) is 4.36. The number of carbonyl (C=O) groups excluding carboxylic acids is 1. The molecule has 1 aromatic rings. The van der Waals surface area contributed by atoms with Crippen LogP contribution in [0.15, 0.2) is 36.4 Å². The zero-order chi connectivity index (χ0) is 11.3. The molecule has 0 spiro atoms. The van der Waals surface area contributed by atoms with Crippen LogP contribution >= 0.6 is 0 Å². The van der Waals surface area contributed by atoms with E-state index in [1.54, 1.807) is 12.1 Å². The summed E-state index contributed by atoms with van der Waals surface area (Å²) in [6, 6.07) is 7.25. The number of carbonyl (C=O) groups is 2. The van der Waals surface area contributed by atoms with Crippen molar-refractivity contribution in [3.63, 3.8) is 0 Å². The van der Waals surface area contributed by atoms with E-state index >= 15 is 0 Å². The lowest BCUT2D eigenvalue weighted by Gasteiger charge is -2.02. The zero-order valence-electron chi connectivity index (χ0n) is 8.23. The van der Waals surface area contributed by atoms with Crippen molar-refractivity contribution in [3.05, 3.63) is 42.0 Å². The predicted octanol–water partition coefficient (Wildman–Crippen LogP) is 1.57. The van der Waals surface area contributed by atoms with Crippen molar-refractivity contribution in [2.75, 3.05) is 5.32 Å². The van der Waals surface area contributed by atoms with Gasteiger partial charge in [0.25, 0.3) is 0 Å². The second-order valence-electron chi connectivity index (χ2n) is 3.03. The molecule has 0 saturated heterocycles. The predicted molar refractivity (Wildman–Crippen MR) is 56.6 cm³/mol. The fourth-order valence-electron chi connectivity index (χ4n) is 1.05. The van der Waals surface area contributed by atoms with Gasteiger partial charge >= 0.3 is 5.97 Å². The summed E-state index contributed by atoms with van der Waals surface area (Å²) in [6.45, 7) is 1.91. The van der Waals surface area contributed by atoms with E-state index in [4.69, 9.17) is 5.11 Å². The van der Waals surface area contributed by atoms with Crippen molar-refractivity contribution in [2.24, 2.45) is 0 Å². The van der Waals surface area contributed by atoms with E-state index in [1.165, 1.54) is 0 Å². The third-order valence-corrected chi connectivity index (χ3v) is 1.66. The van der Waals surface area contributed by atoms with Crippen LogP contribution in [0.25, 0.3) is 0 Å². The highest BCUT2D eigenvalue weighted by Crippen LogP contribution is 2.09. The average molecular weight is 205 g/mol. The van der Waals surface area contributed by atoms with Crippen LogP contribution in [0.3, 0.4) is 0 Å². The van der Waals surface area contributed by atoms with Gasteiger partial charge in [0.1, 0.15) is 0 Å². The summed E-state index contributed by atoms with van der Waals surface area (Å²) in [5.74, 6) is -1.60. The molecule has 0 bridgehead atoms. The maximum absolute atomic E-state index is 11.2. The Kier molecular flexibility index (Phi) is 3.62. The maximum atomic E-state index is 11.2. The zero-order valence-corrected chi connectivity index (χ0v) is 8.23. The Labute approximate surface area is 87.2 Å². The molecule has 2 N–H and O–H groups in total. The molecular formula is C11H11NO3. The van der Waals surface area contributed by atoms with Crippen LogP contribution in [0.4, 0.5) is 5.69 Å². The van der Waals surface area contributed by atoms with Crippen LogP contribution in [-0.4, -0.2) is 17.0 Å². The van der Waals surface area contributed by atoms with Crippen molar-refractivity contribution in [2.45, 2.75) is 6.92 Å². The van der Waals surface area contributed by atoms with Gasteiger partial charge < -0.3 is 10.4 Å². The summed E-state index contributed by atoms with van der Waals surface area (Å²) < 4.78 is 0. The van der Waals surface area contributed by atoms with E-state index < -0.39 is 11.9 Å². The summed E-state index contributed by atoms with van der Waals surface area (Å²) in [4.78, 5) is 21.3. The van der Waals surface area contributed by atoms with Gasteiger partial charge in [0, 0.05) is 17.8 Å². The van der Waals surface area contributed by atoms with Gasteiger partial charge in [0.2, 0.25) is 5.91 Å². The van der Waals surface area contributed by atoms with E-state index in [1.807, 2.05) is 19.1 Å². The Balaban J connectivity index is 2.63. The van der Waals surface area contributed by atoms with E-state index in [0.717, 1.165) is 17.7 Å². The van der Waals surface area contributed by atoms with Crippen molar-refractivity contribution in [1.29, 1.82) is 0 Å². The highest BCUT2D eigenvalue weighted by molar-refractivity contribution is 6.02. The monoisotopic (exact) mass is 205 g/mol. The van der Waals surface area contributed by atoms with Crippen LogP contribution in [0, 0.1) is 6.92 Å². The number of carboxylic acids is 1. The van der Waals surface area contributed by atoms with Crippen LogP contribution in [0.2, 0.25) is 0 Å². The van der Waals surface area contributed by atoms with Gasteiger partial charge in [-0.25, -0.2) is 4.79 Å². The van der Waals surface area contributed by atoms with Crippen LogP contribution in [-0.2, 0) is 9.59 Å². The van der Waals surface area contributed by atoms with Gasteiger partial charge in [0.05, 0.1) is 0 Å². The Morgan fingerprint density at radius 1 is 1.33 bits per heavy atom. The number of nitrogens with one attached hydrogen (secondary N) is 1. The molecule has 0 aliphatic rings. The minimum Gasteiger partial charge on any atom is -0.478 e. The standard InChI is InChI=1S/C11H11NO3/c1-8-3-2-4-9(7-8)12-10(13)5-6-11(14)15/h2-7H,1H3,(H,12,13)(H,14,15)/b6-5+. The first-order chi connectivity index (χ1) is 7.08. The van der Waals surface area contributed by atoms with Gasteiger partial charge in [-0.15, -0.1) is 0 Å². The lowest BCUT2D eigenvalue weighted by molar-refractivity contribution is -0.131. The molecule has 0 saturated carbocycles. The molecule has 0 atom stereocenters. The summed E-state index contributed by atoms with van der Waals surface area (Å²) in [5.41, 5.74) is 1.67. The third kappa shape index (κ3) is 4.08. The summed E-state index contributed by atoms with van der Waals surface area (Å²) in [7, 11) is 0. The number of hydrogen-bond acceptors (Lipinski definition) is 2. The first-order valence-electron chi connectivity index (χ1n) is 4.36. The number of carboxylic acid groups (broad SMARTS) is 1. The lowest BCUT2D eigenvalue weighted by atomic mass is 10.2. The summed E-state index contributed by atoms with van der Waals surface area (Å²) in [5, 5.41) is 10.9. The smallest absolute Gasteiger partial charge is 0.328 e. The van der Waals surface area contributed by atoms with Gasteiger partial charge in [-0.05, 0) is 24.6 Å². The van der Waals surface area contributed by atoms with Crippen molar-refractivity contribution >= 4 is 17.6 Å². The van der Waals surface area contributed by atoms with Crippen LogP contribution in [0.1, 0.15) is 5.56 Å². The number of amides is 1. The SMILES string of the molecule is Cc1cccc(NC(=O)/C=C/C(=O)O)c1. The molecular weight excluding hydrogens is 194 g/mol. The lowest BCUT2D eigenvalue weighted by Crippen LogP contribution is -2.08. The second-order valence-corrected chi connectivity index (χ2v) is 3.03. The fraction of sp³-hybridized carbons (Fsp3) is 0.0909. The molecule has 15 heavy (non-hydrogen) atoms. The van der Waals surface area contributed by atoms with Crippen LogP contribution in [0.5, 0.6) is 0 Å². The molecule has 0 heterocycles. The Bertz CT molecular complexity index is 410. The minimum atomic E-state index is -1.14. The normalized spacial score (nSPS) is 10.2. The number of rotatable bonds is 3. The largest absolute Gasteiger partial charge is 0.478 e. The van der Waals surface area contributed by atoms with Crippen molar-refractivity contribution in [3.8, 4) is 0 Å². The topological polar surface area (TPSA) is 66.4 Å². The molecule has 78 valence electrons. The highest BCUT2D eigenvalue weighted by atomic mass is 16.4. The average Bonchev–Trinajstić information content (AvgIpc) is 2.15. The maximum Gasteiger partial charge on any atom is 0.328 e. The van der Waals surface area contributed by atoms with Gasteiger partial charge in [-0.1, -0.05) is 12.1 Å². The number of aliphatic carboxylic acids is 1. The molecule has 0 fully saturated rings. The van der Waals surface area contributed by atoms with E-state index in [2.05, 4.69) is 5.32 Å². The molecule has 4 heteroatoms. The van der Waals surface area contributed by atoms with Crippen molar-refractivity contribution in [1.82, 2.24) is 0 Å². The van der Waals surface area contributed by atoms with E-state index in [0.29, 0.717) is 5.69 Å². The molecule has 0 aliphatic carbocycles. The Morgan fingerprint density at radius 3 is 2.67 bits per heavy atom. The molecule has 1 amide bonds. The molecule has 0 aliphatic heterocycles. The molecule has 0 aromatic heterocycles. The van der Waals surface area contributed by atoms with Crippen molar-refractivity contribution < 1.29 is 14.7 Å². The fourth-order valence-corrected chi connectivity index (χ4v) is 1.05. The summed E-state index contributed by atoms with van der Waals surface area (Å²) >= 11 is 0. The quantitative estimate of drug-likeness (QED) is 0.736. The highest BCUT2D eigenvalue weighted by Gasteiger charge is 1.98. The number of benzene rings is 1. The molecule has 1 rings (SSSR count). The molecule has 4 nitrogen and oxygen atoms in total. The minimum absolute atomic E-state index is 0.456. The number of hydrogen-bond donors (Lipinski definition) is 2. The van der Waals surface area contributed by atoms with Gasteiger partial charge in [0.15, 0.2) is 0 Å². The number of aryl methyl sites for hydroxylation is 1. The van der Waals surface area contributed by atoms with E-state index in [-0.39, 0.29) is 0 Å². The molecule has 1 aromatic carbocycles. The Hall–Kier alpha value is -2.10. The van der Waals surface area contributed by atoms with Crippen LogP contribution < -0.4 is 5.32 Å². The molecule has 0 unspecified atom stereocenters. The van der Waals surface area contributed by atoms with Gasteiger partial charge in [-0.2, -0.15) is 0 Å². The second kappa shape index (κ2) is 4.95.